The molecule has 1 aliphatic heterocycles. The molecule has 0 aliphatic carbocycles. The monoisotopic (exact) mass is 361 g/mol. The lowest BCUT2D eigenvalue weighted by atomic mass is 10.1. The zero-order chi connectivity index (χ0) is 16.0. The summed E-state index contributed by atoms with van der Waals surface area (Å²) in [4.78, 5) is 17.7. The molecule has 0 radical (unpaired) electrons. The SMILES string of the molecule is O=C(c1cccnc1Cl)n1cc2c(n1)-c1cc(Cl)ccc1SC2. The highest BCUT2D eigenvalue weighted by Crippen LogP contribution is 2.41. The van der Waals surface area contributed by atoms with Crippen LogP contribution in [0.15, 0.2) is 47.6 Å². The summed E-state index contributed by atoms with van der Waals surface area (Å²) in [5, 5.41) is 5.28. The molecule has 0 saturated carbocycles. The van der Waals surface area contributed by atoms with Gasteiger partial charge in [-0.1, -0.05) is 23.2 Å². The fraction of sp³-hybridized carbons (Fsp3) is 0.0625. The van der Waals surface area contributed by atoms with E-state index in [0.717, 1.165) is 27.5 Å². The van der Waals surface area contributed by atoms with E-state index in [9.17, 15) is 4.79 Å². The fourth-order valence-electron chi connectivity index (χ4n) is 2.48. The normalized spacial score (nSPS) is 12.6. The predicted molar refractivity (Wildman–Crippen MR) is 91.2 cm³/mol. The number of carbonyl (C=O) groups excluding carboxylic acids is 1. The Morgan fingerprint density at radius 1 is 1.26 bits per heavy atom. The maximum atomic E-state index is 12.6. The van der Waals surface area contributed by atoms with E-state index in [1.165, 1.54) is 4.68 Å². The first kappa shape index (κ1) is 14.8. The Bertz CT molecular complexity index is 939. The van der Waals surface area contributed by atoms with Crippen LogP contribution in [-0.2, 0) is 5.75 Å². The van der Waals surface area contributed by atoms with Gasteiger partial charge in [0, 0.05) is 39.2 Å². The summed E-state index contributed by atoms with van der Waals surface area (Å²) in [6.45, 7) is 0. The molecule has 4 nitrogen and oxygen atoms in total. The van der Waals surface area contributed by atoms with Gasteiger partial charge in [0.2, 0.25) is 0 Å². The number of rotatable bonds is 1. The molecule has 0 amide bonds. The summed E-state index contributed by atoms with van der Waals surface area (Å²) < 4.78 is 1.32. The van der Waals surface area contributed by atoms with Crippen molar-refractivity contribution >= 4 is 40.9 Å². The highest BCUT2D eigenvalue weighted by atomic mass is 35.5. The van der Waals surface area contributed by atoms with Crippen LogP contribution in [0.1, 0.15) is 15.9 Å². The molecule has 23 heavy (non-hydrogen) atoms. The summed E-state index contributed by atoms with van der Waals surface area (Å²) in [5.41, 5.74) is 3.06. The van der Waals surface area contributed by atoms with E-state index in [1.54, 1.807) is 36.3 Å². The fourth-order valence-corrected chi connectivity index (χ4v) is 3.85. The Labute approximate surface area is 146 Å². The number of thioether (sulfide) groups is 1. The molecule has 0 atom stereocenters. The maximum absolute atomic E-state index is 12.6. The Morgan fingerprint density at radius 3 is 2.96 bits per heavy atom. The molecular weight excluding hydrogens is 353 g/mol. The van der Waals surface area contributed by atoms with Crippen molar-refractivity contribution in [2.24, 2.45) is 0 Å². The molecule has 1 aliphatic rings. The van der Waals surface area contributed by atoms with Crippen molar-refractivity contribution < 1.29 is 4.79 Å². The standard InChI is InChI=1S/C16H9Cl2N3OS/c17-10-3-4-13-12(6-10)14-9(8-23-13)7-21(20-14)16(22)11-2-1-5-19-15(11)18/h1-7H,8H2. The van der Waals surface area contributed by atoms with Crippen molar-refractivity contribution in [3.63, 3.8) is 0 Å². The van der Waals surface area contributed by atoms with Crippen LogP contribution in [0.25, 0.3) is 11.3 Å². The molecule has 0 saturated heterocycles. The average molecular weight is 362 g/mol. The molecule has 3 aromatic rings. The van der Waals surface area contributed by atoms with Crippen LogP contribution in [-0.4, -0.2) is 20.7 Å². The van der Waals surface area contributed by atoms with E-state index in [0.29, 0.717) is 10.6 Å². The van der Waals surface area contributed by atoms with E-state index in [1.807, 2.05) is 18.2 Å². The van der Waals surface area contributed by atoms with E-state index >= 15 is 0 Å². The molecule has 4 rings (SSSR count). The Balaban J connectivity index is 1.80. The molecule has 2 aromatic heterocycles. The zero-order valence-electron chi connectivity index (χ0n) is 11.7. The van der Waals surface area contributed by atoms with E-state index in [-0.39, 0.29) is 11.1 Å². The molecule has 0 bridgehead atoms. The first-order valence-corrected chi connectivity index (χ1v) is 8.54. The molecule has 0 spiro atoms. The molecule has 3 heterocycles. The minimum atomic E-state index is -0.300. The predicted octanol–water partition coefficient (Wildman–Crippen LogP) is 4.55. The topological polar surface area (TPSA) is 47.8 Å². The van der Waals surface area contributed by atoms with Gasteiger partial charge in [-0.2, -0.15) is 5.10 Å². The lowest BCUT2D eigenvalue weighted by Gasteiger charge is -2.14. The smallest absolute Gasteiger partial charge is 0.267 e. The van der Waals surface area contributed by atoms with Crippen LogP contribution >= 0.6 is 35.0 Å². The van der Waals surface area contributed by atoms with Crippen LogP contribution < -0.4 is 0 Å². The van der Waals surface area contributed by atoms with Gasteiger partial charge in [-0.05, 0) is 30.3 Å². The van der Waals surface area contributed by atoms with Crippen molar-refractivity contribution in [3.05, 3.63) is 64.0 Å². The van der Waals surface area contributed by atoms with E-state index in [2.05, 4.69) is 10.1 Å². The second-order valence-corrected chi connectivity index (χ2v) is 6.84. The third kappa shape index (κ3) is 2.55. The van der Waals surface area contributed by atoms with Crippen LogP contribution in [0.2, 0.25) is 10.2 Å². The number of halogens is 2. The van der Waals surface area contributed by atoms with E-state index in [4.69, 9.17) is 23.2 Å². The summed E-state index contributed by atoms with van der Waals surface area (Å²) in [7, 11) is 0. The third-order valence-electron chi connectivity index (χ3n) is 3.57. The molecular formula is C16H9Cl2N3OS. The molecule has 0 unspecified atom stereocenters. The van der Waals surface area contributed by atoms with Gasteiger partial charge < -0.3 is 0 Å². The first-order chi connectivity index (χ1) is 11.1. The summed E-state index contributed by atoms with van der Waals surface area (Å²) >= 11 is 13.8. The largest absolute Gasteiger partial charge is 0.281 e. The maximum Gasteiger partial charge on any atom is 0.281 e. The van der Waals surface area contributed by atoms with Crippen molar-refractivity contribution in [2.45, 2.75) is 10.6 Å². The number of hydrogen-bond donors (Lipinski definition) is 0. The Hall–Kier alpha value is -1.82. The lowest BCUT2D eigenvalue weighted by molar-refractivity contribution is 0.0945. The van der Waals surface area contributed by atoms with Gasteiger partial charge in [0.25, 0.3) is 5.91 Å². The van der Waals surface area contributed by atoms with Crippen LogP contribution in [0.3, 0.4) is 0 Å². The summed E-state index contributed by atoms with van der Waals surface area (Å²) in [5.74, 6) is 0.462. The quantitative estimate of drug-likeness (QED) is 0.596. The van der Waals surface area contributed by atoms with Crippen molar-refractivity contribution in [1.82, 2.24) is 14.8 Å². The Morgan fingerprint density at radius 2 is 2.13 bits per heavy atom. The van der Waals surface area contributed by atoms with Crippen LogP contribution in [0.5, 0.6) is 0 Å². The second-order valence-electron chi connectivity index (χ2n) is 5.02. The van der Waals surface area contributed by atoms with Gasteiger partial charge in [-0.15, -0.1) is 11.8 Å². The van der Waals surface area contributed by atoms with Crippen molar-refractivity contribution in [2.75, 3.05) is 0 Å². The lowest BCUT2D eigenvalue weighted by Crippen LogP contribution is -2.13. The number of hydrogen-bond acceptors (Lipinski definition) is 4. The number of fused-ring (bicyclic) bond motifs is 3. The van der Waals surface area contributed by atoms with Gasteiger partial charge in [-0.25, -0.2) is 9.67 Å². The second kappa shape index (κ2) is 5.67. The average Bonchev–Trinajstić information content (AvgIpc) is 2.99. The van der Waals surface area contributed by atoms with Gasteiger partial charge in [0.1, 0.15) is 5.15 Å². The van der Waals surface area contributed by atoms with Gasteiger partial charge in [-0.3, -0.25) is 4.79 Å². The minimum Gasteiger partial charge on any atom is -0.267 e. The molecule has 114 valence electrons. The molecule has 0 N–H and O–H groups in total. The highest BCUT2D eigenvalue weighted by Gasteiger charge is 2.23. The van der Waals surface area contributed by atoms with E-state index < -0.39 is 0 Å². The van der Waals surface area contributed by atoms with Gasteiger partial charge in [0.15, 0.2) is 0 Å². The Kier molecular flexibility index (Phi) is 3.64. The van der Waals surface area contributed by atoms with Gasteiger partial charge in [0.05, 0.1) is 11.3 Å². The number of pyridine rings is 1. The molecule has 1 aromatic carbocycles. The van der Waals surface area contributed by atoms with Gasteiger partial charge >= 0.3 is 0 Å². The zero-order valence-corrected chi connectivity index (χ0v) is 14.0. The van der Waals surface area contributed by atoms with Crippen LogP contribution in [0.4, 0.5) is 0 Å². The summed E-state index contributed by atoms with van der Waals surface area (Å²) in [6.07, 6.45) is 3.29. The van der Waals surface area contributed by atoms with Crippen molar-refractivity contribution in [3.8, 4) is 11.3 Å². The number of benzene rings is 1. The summed E-state index contributed by atoms with van der Waals surface area (Å²) in [6, 6.07) is 9.02. The molecule has 0 fully saturated rings. The third-order valence-corrected chi connectivity index (χ3v) is 5.23. The molecule has 7 heteroatoms. The highest BCUT2D eigenvalue weighted by molar-refractivity contribution is 7.98. The van der Waals surface area contributed by atoms with Crippen molar-refractivity contribution in [1.29, 1.82) is 0 Å². The first-order valence-electron chi connectivity index (χ1n) is 6.80. The number of nitrogens with zero attached hydrogens (tertiary/aromatic N) is 3. The number of aromatic nitrogens is 3. The van der Waals surface area contributed by atoms with Crippen LogP contribution in [0, 0.1) is 0 Å². The number of carbonyl (C=O) groups is 1. The minimum absolute atomic E-state index is 0.170.